The second kappa shape index (κ2) is 3.53. The summed E-state index contributed by atoms with van der Waals surface area (Å²) < 4.78 is 0. The Hall–Kier alpha value is -1.58. The SMILES string of the molecule is CC(C)C(=O)N1Cc2ccc(=O)[nH]c2C1. The Morgan fingerprint density at radius 3 is 2.80 bits per heavy atom. The quantitative estimate of drug-likeness (QED) is 0.741. The molecule has 15 heavy (non-hydrogen) atoms. The molecule has 1 aliphatic heterocycles. The third-order valence-corrected chi connectivity index (χ3v) is 2.61. The first-order chi connectivity index (χ1) is 7.08. The number of nitrogens with one attached hydrogen (secondary N) is 1. The lowest BCUT2D eigenvalue weighted by Gasteiger charge is -2.17. The van der Waals surface area contributed by atoms with Crippen molar-refractivity contribution >= 4 is 5.91 Å². The van der Waals surface area contributed by atoms with Gasteiger partial charge in [-0.1, -0.05) is 13.8 Å². The fourth-order valence-corrected chi connectivity index (χ4v) is 1.81. The Kier molecular flexibility index (Phi) is 2.34. The number of aromatic amines is 1. The van der Waals surface area contributed by atoms with Gasteiger partial charge < -0.3 is 9.88 Å². The maximum atomic E-state index is 11.7. The molecule has 1 aromatic rings. The Morgan fingerprint density at radius 1 is 1.40 bits per heavy atom. The Labute approximate surface area is 87.9 Å². The summed E-state index contributed by atoms with van der Waals surface area (Å²) in [6, 6.07) is 3.30. The minimum atomic E-state index is -0.104. The highest BCUT2D eigenvalue weighted by Gasteiger charge is 2.25. The monoisotopic (exact) mass is 206 g/mol. The number of pyridine rings is 1. The van der Waals surface area contributed by atoms with Crippen molar-refractivity contribution < 1.29 is 4.79 Å². The lowest BCUT2D eigenvalue weighted by Crippen LogP contribution is -2.29. The molecule has 0 unspecified atom stereocenters. The van der Waals surface area contributed by atoms with E-state index in [0.717, 1.165) is 11.3 Å². The van der Waals surface area contributed by atoms with Crippen LogP contribution in [0.2, 0.25) is 0 Å². The second-order valence-corrected chi connectivity index (χ2v) is 4.18. The average Bonchev–Trinajstić information content (AvgIpc) is 2.58. The van der Waals surface area contributed by atoms with Crippen molar-refractivity contribution in [2.75, 3.05) is 0 Å². The second-order valence-electron chi connectivity index (χ2n) is 4.18. The lowest BCUT2D eigenvalue weighted by atomic mass is 10.2. The fraction of sp³-hybridized carbons (Fsp3) is 0.455. The molecule has 0 atom stereocenters. The van der Waals surface area contributed by atoms with Gasteiger partial charge in [0.05, 0.1) is 6.54 Å². The van der Waals surface area contributed by atoms with Gasteiger partial charge in [-0.3, -0.25) is 9.59 Å². The van der Waals surface area contributed by atoms with Crippen LogP contribution < -0.4 is 5.56 Å². The van der Waals surface area contributed by atoms with E-state index in [-0.39, 0.29) is 17.4 Å². The molecule has 80 valence electrons. The molecule has 2 rings (SSSR count). The number of carbonyl (C=O) groups excluding carboxylic acids is 1. The molecule has 4 heteroatoms. The predicted molar refractivity (Wildman–Crippen MR) is 56.2 cm³/mol. The van der Waals surface area contributed by atoms with Gasteiger partial charge in [-0.15, -0.1) is 0 Å². The van der Waals surface area contributed by atoms with Gasteiger partial charge in [0.2, 0.25) is 11.5 Å². The van der Waals surface area contributed by atoms with Crippen molar-refractivity contribution in [2.45, 2.75) is 26.9 Å². The number of rotatable bonds is 1. The molecule has 4 nitrogen and oxygen atoms in total. The van der Waals surface area contributed by atoms with Gasteiger partial charge in [0, 0.05) is 24.2 Å². The molecule has 2 heterocycles. The van der Waals surface area contributed by atoms with Crippen LogP contribution in [0, 0.1) is 5.92 Å². The molecule has 0 aliphatic carbocycles. The normalized spacial score (nSPS) is 14.5. The van der Waals surface area contributed by atoms with Crippen LogP contribution in [0.25, 0.3) is 0 Å². The number of fused-ring (bicyclic) bond motifs is 1. The Balaban J connectivity index is 2.23. The highest BCUT2D eigenvalue weighted by molar-refractivity contribution is 5.78. The molecular formula is C11H14N2O2. The molecule has 1 amide bonds. The van der Waals surface area contributed by atoms with Gasteiger partial charge in [-0.05, 0) is 11.6 Å². The predicted octanol–water partition coefficient (Wildman–Crippen LogP) is 0.873. The van der Waals surface area contributed by atoms with Crippen LogP contribution in [0.3, 0.4) is 0 Å². The molecular weight excluding hydrogens is 192 g/mol. The molecule has 1 aromatic heterocycles. The zero-order valence-corrected chi connectivity index (χ0v) is 8.91. The van der Waals surface area contributed by atoms with Crippen molar-refractivity contribution in [1.82, 2.24) is 9.88 Å². The maximum Gasteiger partial charge on any atom is 0.248 e. The summed E-state index contributed by atoms with van der Waals surface area (Å²) in [4.78, 5) is 27.3. The van der Waals surface area contributed by atoms with E-state index in [9.17, 15) is 9.59 Å². The van der Waals surface area contributed by atoms with E-state index >= 15 is 0 Å². The van der Waals surface area contributed by atoms with E-state index in [1.807, 2.05) is 13.8 Å². The van der Waals surface area contributed by atoms with Crippen molar-refractivity contribution in [2.24, 2.45) is 5.92 Å². The number of H-pyrrole nitrogens is 1. The number of nitrogens with zero attached hydrogens (tertiary/aromatic N) is 1. The summed E-state index contributed by atoms with van der Waals surface area (Å²) in [5.74, 6) is 0.137. The minimum absolute atomic E-state index is 0.00559. The number of hydrogen-bond acceptors (Lipinski definition) is 2. The van der Waals surface area contributed by atoms with E-state index in [0.29, 0.717) is 13.1 Å². The zero-order valence-electron chi connectivity index (χ0n) is 8.91. The average molecular weight is 206 g/mol. The molecule has 0 spiro atoms. The highest BCUT2D eigenvalue weighted by Crippen LogP contribution is 2.20. The van der Waals surface area contributed by atoms with Crippen molar-refractivity contribution in [3.8, 4) is 0 Å². The first-order valence-electron chi connectivity index (χ1n) is 5.08. The standard InChI is InChI=1S/C11H14N2O2/c1-7(2)11(15)13-5-8-3-4-10(14)12-9(8)6-13/h3-4,7H,5-6H2,1-2H3,(H,12,14). The third-order valence-electron chi connectivity index (χ3n) is 2.61. The summed E-state index contributed by atoms with van der Waals surface area (Å²) >= 11 is 0. The third kappa shape index (κ3) is 1.79. The van der Waals surface area contributed by atoms with E-state index in [1.54, 1.807) is 11.0 Å². The van der Waals surface area contributed by atoms with Gasteiger partial charge in [-0.25, -0.2) is 0 Å². The minimum Gasteiger partial charge on any atom is -0.332 e. The molecule has 0 saturated heterocycles. The van der Waals surface area contributed by atoms with Crippen LogP contribution in [0.15, 0.2) is 16.9 Å². The van der Waals surface area contributed by atoms with Crippen LogP contribution in [0.4, 0.5) is 0 Å². The Morgan fingerprint density at radius 2 is 2.13 bits per heavy atom. The Bertz CT molecular complexity index is 448. The van der Waals surface area contributed by atoms with Gasteiger partial charge >= 0.3 is 0 Å². The fourth-order valence-electron chi connectivity index (χ4n) is 1.81. The smallest absolute Gasteiger partial charge is 0.248 e. The molecule has 0 aromatic carbocycles. The lowest BCUT2D eigenvalue weighted by molar-refractivity contribution is -0.135. The van der Waals surface area contributed by atoms with Gasteiger partial charge in [0.25, 0.3) is 0 Å². The first-order valence-corrected chi connectivity index (χ1v) is 5.08. The zero-order chi connectivity index (χ0) is 11.0. The van der Waals surface area contributed by atoms with Crippen molar-refractivity contribution in [3.63, 3.8) is 0 Å². The van der Waals surface area contributed by atoms with Gasteiger partial charge in [0.15, 0.2) is 0 Å². The molecule has 1 N–H and O–H groups in total. The summed E-state index contributed by atoms with van der Waals surface area (Å²) in [7, 11) is 0. The summed E-state index contributed by atoms with van der Waals surface area (Å²) in [6.45, 7) is 4.91. The highest BCUT2D eigenvalue weighted by atomic mass is 16.2. The summed E-state index contributed by atoms with van der Waals surface area (Å²) in [5.41, 5.74) is 1.81. The van der Waals surface area contributed by atoms with Crippen molar-refractivity contribution in [3.05, 3.63) is 33.7 Å². The van der Waals surface area contributed by atoms with Crippen LogP contribution in [-0.2, 0) is 17.9 Å². The molecule has 0 saturated carbocycles. The largest absolute Gasteiger partial charge is 0.332 e. The number of hydrogen-bond donors (Lipinski definition) is 1. The van der Waals surface area contributed by atoms with E-state index in [1.165, 1.54) is 6.07 Å². The molecule has 1 aliphatic rings. The molecule has 0 fully saturated rings. The van der Waals surface area contributed by atoms with Gasteiger partial charge in [0.1, 0.15) is 0 Å². The van der Waals surface area contributed by atoms with Crippen LogP contribution >= 0.6 is 0 Å². The van der Waals surface area contributed by atoms with Crippen LogP contribution in [0.1, 0.15) is 25.1 Å². The van der Waals surface area contributed by atoms with E-state index in [4.69, 9.17) is 0 Å². The number of amides is 1. The van der Waals surface area contributed by atoms with Crippen molar-refractivity contribution in [1.29, 1.82) is 0 Å². The van der Waals surface area contributed by atoms with Crippen LogP contribution in [-0.4, -0.2) is 15.8 Å². The topological polar surface area (TPSA) is 53.2 Å². The van der Waals surface area contributed by atoms with Crippen LogP contribution in [0.5, 0.6) is 0 Å². The number of carbonyl (C=O) groups is 1. The van der Waals surface area contributed by atoms with E-state index in [2.05, 4.69) is 4.98 Å². The molecule has 0 bridgehead atoms. The maximum absolute atomic E-state index is 11.7. The summed E-state index contributed by atoms with van der Waals surface area (Å²) in [6.07, 6.45) is 0. The molecule has 0 radical (unpaired) electrons. The number of aromatic nitrogens is 1. The van der Waals surface area contributed by atoms with E-state index < -0.39 is 0 Å². The van der Waals surface area contributed by atoms with Gasteiger partial charge in [-0.2, -0.15) is 0 Å². The summed E-state index contributed by atoms with van der Waals surface area (Å²) in [5, 5.41) is 0. The first kappa shape index (κ1) is 9.96.